The van der Waals surface area contributed by atoms with Gasteiger partial charge in [0.1, 0.15) is 0 Å². The van der Waals surface area contributed by atoms with E-state index in [1.807, 2.05) is 0 Å². The van der Waals surface area contributed by atoms with Crippen LogP contribution in [0.3, 0.4) is 0 Å². The fraction of sp³-hybridized carbons (Fsp3) is 1.00. The van der Waals surface area contributed by atoms with Crippen LogP contribution in [0.15, 0.2) is 0 Å². The molecular formula is C13H24O. The van der Waals surface area contributed by atoms with E-state index in [4.69, 9.17) is 0 Å². The lowest BCUT2D eigenvalue weighted by Crippen LogP contribution is -2.38. The maximum absolute atomic E-state index is 10.4. The van der Waals surface area contributed by atoms with Gasteiger partial charge in [-0.25, -0.2) is 0 Å². The predicted octanol–water partition coefficient (Wildman–Crippen LogP) is 3.08. The zero-order chi connectivity index (χ0) is 10.7. The summed E-state index contributed by atoms with van der Waals surface area (Å²) in [4.78, 5) is 0. The highest BCUT2D eigenvalue weighted by Crippen LogP contribution is 2.68. The molecule has 14 heavy (non-hydrogen) atoms. The molecule has 0 heterocycles. The van der Waals surface area contributed by atoms with Gasteiger partial charge in [-0.05, 0) is 41.4 Å². The van der Waals surface area contributed by atoms with Crippen molar-refractivity contribution in [3.63, 3.8) is 0 Å². The second kappa shape index (κ2) is 2.75. The number of rotatable bonds is 1. The smallest absolute Gasteiger partial charge is 0.0632 e. The monoisotopic (exact) mass is 196 g/mol. The van der Waals surface area contributed by atoms with Gasteiger partial charge >= 0.3 is 0 Å². The molecule has 0 saturated heterocycles. The molecule has 4 atom stereocenters. The zero-order valence-corrected chi connectivity index (χ0v) is 10.2. The molecular weight excluding hydrogens is 172 g/mol. The third-order valence-electron chi connectivity index (χ3n) is 5.63. The highest BCUT2D eigenvalue weighted by molar-refractivity contribution is 5.14. The minimum absolute atomic E-state index is 0.0729. The van der Waals surface area contributed by atoms with Gasteiger partial charge in [0.15, 0.2) is 0 Å². The van der Waals surface area contributed by atoms with Gasteiger partial charge in [0.05, 0.1) is 6.10 Å². The Hall–Kier alpha value is -0.0400. The lowest BCUT2D eigenvalue weighted by Gasteiger charge is -2.37. The summed E-state index contributed by atoms with van der Waals surface area (Å²) in [6.07, 6.45) is 2.47. The van der Waals surface area contributed by atoms with Crippen molar-refractivity contribution in [3.8, 4) is 0 Å². The van der Waals surface area contributed by atoms with Crippen molar-refractivity contribution >= 4 is 0 Å². The van der Waals surface area contributed by atoms with Crippen LogP contribution in [0.2, 0.25) is 0 Å². The molecule has 82 valence electrons. The second-order valence-corrected chi connectivity index (χ2v) is 6.55. The highest BCUT2D eigenvalue weighted by Gasteiger charge is 2.65. The summed E-state index contributed by atoms with van der Waals surface area (Å²) in [7, 11) is 0. The van der Waals surface area contributed by atoms with Gasteiger partial charge in [0, 0.05) is 0 Å². The van der Waals surface area contributed by atoms with E-state index in [0.29, 0.717) is 17.3 Å². The minimum atomic E-state index is -0.0729. The third-order valence-corrected chi connectivity index (χ3v) is 5.63. The molecule has 0 amide bonds. The number of fused-ring (bicyclic) bond motifs is 2. The van der Waals surface area contributed by atoms with Crippen LogP contribution in [-0.4, -0.2) is 11.2 Å². The Morgan fingerprint density at radius 2 is 1.79 bits per heavy atom. The van der Waals surface area contributed by atoms with E-state index < -0.39 is 0 Å². The fourth-order valence-corrected chi connectivity index (χ4v) is 4.24. The van der Waals surface area contributed by atoms with Gasteiger partial charge in [0.25, 0.3) is 0 Å². The number of hydrogen-bond acceptors (Lipinski definition) is 1. The van der Waals surface area contributed by atoms with Crippen molar-refractivity contribution < 1.29 is 5.11 Å². The van der Waals surface area contributed by atoms with Crippen molar-refractivity contribution in [1.82, 2.24) is 0 Å². The van der Waals surface area contributed by atoms with E-state index in [0.717, 1.165) is 5.92 Å². The normalized spacial score (nSPS) is 50.4. The van der Waals surface area contributed by atoms with Gasteiger partial charge in [-0.3, -0.25) is 0 Å². The lowest BCUT2D eigenvalue weighted by atomic mass is 9.70. The minimum Gasteiger partial charge on any atom is -0.392 e. The van der Waals surface area contributed by atoms with Crippen LogP contribution in [-0.2, 0) is 0 Å². The molecule has 0 aliphatic heterocycles. The highest BCUT2D eigenvalue weighted by atomic mass is 16.3. The standard InChI is InChI=1S/C13H24O/c1-8(2)10-9-6-7-13(5,11(10)14)12(9,3)4/h8-11,14H,6-7H2,1-5H3. The fourth-order valence-electron chi connectivity index (χ4n) is 4.24. The Morgan fingerprint density at radius 1 is 1.21 bits per heavy atom. The Labute approximate surface area is 87.9 Å². The van der Waals surface area contributed by atoms with Crippen LogP contribution >= 0.6 is 0 Å². The summed E-state index contributed by atoms with van der Waals surface area (Å²) >= 11 is 0. The van der Waals surface area contributed by atoms with Crippen molar-refractivity contribution in [1.29, 1.82) is 0 Å². The molecule has 0 radical (unpaired) electrons. The Balaban J connectivity index is 2.39. The van der Waals surface area contributed by atoms with Crippen molar-refractivity contribution in [2.45, 2.75) is 53.6 Å². The van der Waals surface area contributed by atoms with E-state index in [9.17, 15) is 5.11 Å². The SMILES string of the molecule is CC(C)C1C2CCC(C)(C1O)C2(C)C. The first-order chi connectivity index (χ1) is 6.32. The maximum atomic E-state index is 10.4. The summed E-state index contributed by atoms with van der Waals surface area (Å²) < 4.78 is 0. The van der Waals surface area contributed by atoms with E-state index in [1.165, 1.54) is 12.8 Å². The molecule has 1 nitrogen and oxygen atoms in total. The molecule has 2 aliphatic carbocycles. The quantitative estimate of drug-likeness (QED) is 0.683. The Morgan fingerprint density at radius 3 is 2.07 bits per heavy atom. The molecule has 1 heteroatoms. The topological polar surface area (TPSA) is 20.2 Å². The van der Waals surface area contributed by atoms with E-state index in [1.54, 1.807) is 0 Å². The van der Waals surface area contributed by atoms with Crippen molar-refractivity contribution in [3.05, 3.63) is 0 Å². The number of aliphatic hydroxyl groups excluding tert-OH is 1. The molecule has 2 rings (SSSR count). The molecule has 2 aliphatic rings. The second-order valence-electron chi connectivity index (χ2n) is 6.55. The van der Waals surface area contributed by atoms with Crippen LogP contribution in [0, 0.1) is 28.6 Å². The van der Waals surface area contributed by atoms with Crippen LogP contribution in [0.5, 0.6) is 0 Å². The first-order valence-corrected chi connectivity index (χ1v) is 6.00. The van der Waals surface area contributed by atoms with Crippen LogP contribution in [0.4, 0.5) is 0 Å². The Kier molecular flexibility index (Phi) is 2.06. The molecule has 0 aromatic heterocycles. The summed E-state index contributed by atoms with van der Waals surface area (Å²) in [5, 5.41) is 10.4. The lowest BCUT2D eigenvalue weighted by molar-refractivity contribution is -0.0213. The first-order valence-electron chi connectivity index (χ1n) is 6.00. The predicted molar refractivity (Wildman–Crippen MR) is 58.9 cm³/mol. The van der Waals surface area contributed by atoms with Gasteiger partial charge in [-0.15, -0.1) is 0 Å². The average Bonchev–Trinajstić information content (AvgIpc) is 2.35. The molecule has 4 unspecified atom stereocenters. The number of aliphatic hydroxyl groups is 1. The largest absolute Gasteiger partial charge is 0.392 e. The van der Waals surface area contributed by atoms with Gasteiger partial charge in [-0.1, -0.05) is 34.6 Å². The van der Waals surface area contributed by atoms with Crippen molar-refractivity contribution in [2.24, 2.45) is 28.6 Å². The molecule has 2 saturated carbocycles. The van der Waals surface area contributed by atoms with E-state index in [-0.39, 0.29) is 11.5 Å². The summed E-state index contributed by atoms with van der Waals surface area (Å²) in [5.41, 5.74) is 0.508. The van der Waals surface area contributed by atoms with Crippen LogP contribution in [0.1, 0.15) is 47.5 Å². The average molecular weight is 196 g/mol. The van der Waals surface area contributed by atoms with E-state index >= 15 is 0 Å². The zero-order valence-electron chi connectivity index (χ0n) is 10.2. The van der Waals surface area contributed by atoms with Gasteiger partial charge in [-0.2, -0.15) is 0 Å². The van der Waals surface area contributed by atoms with Gasteiger partial charge < -0.3 is 5.11 Å². The summed E-state index contributed by atoms with van der Waals surface area (Å²) in [6.45, 7) is 11.5. The Bertz CT molecular complexity index is 244. The third kappa shape index (κ3) is 0.946. The molecule has 0 aromatic carbocycles. The molecule has 2 fully saturated rings. The maximum Gasteiger partial charge on any atom is 0.0632 e. The molecule has 0 aromatic rings. The van der Waals surface area contributed by atoms with Crippen LogP contribution in [0.25, 0.3) is 0 Å². The van der Waals surface area contributed by atoms with Gasteiger partial charge in [0.2, 0.25) is 0 Å². The molecule has 0 spiro atoms. The summed E-state index contributed by atoms with van der Waals surface area (Å²) in [6, 6.07) is 0. The molecule has 2 bridgehead atoms. The van der Waals surface area contributed by atoms with E-state index in [2.05, 4.69) is 34.6 Å². The summed E-state index contributed by atoms with van der Waals surface area (Å²) in [5.74, 6) is 1.89. The first kappa shape index (κ1) is 10.5. The van der Waals surface area contributed by atoms with Crippen LogP contribution < -0.4 is 0 Å². The van der Waals surface area contributed by atoms with Crippen molar-refractivity contribution in [2.75, 3.05) is 0 Å². The number of hydrogen-bond donors (Lipinski definition) is 1. The molecule has 1 N–H and O–H groups in total.